The zero-order valence-electron chi connectivity index (χ0n) is 25.3. The fraction of sp³-hybridized carbons (Fsp3) is 0.211. The molecule has 1 aliphatic heterocycles. The van der Waals surface area contributed by atoms with Crippen molar-refractivity contribution in [1.82, 2.24) is 14.8 Å². The van der Waals surface area contributed by atoms with Gasteiger partial charge in [-0.1, -0.05) is 97.1 Å². The zero-order valence-corrected chi connectivity index (χ0v) is 25.3. The Kier molecular flexibility index (Phi) is 7.46. The highest BCUT2D eigenvalue weighted by Gasteiger charge is 2.40. The van der Waals surface area contributed by atoms with E-state index in [2.05, 4.69) is 138 Å². The van der Waals surface area contributed by atoms with Crippen LogP contribution in [0.5, 0.6) is 0 Å². The lowest BCUT2D eigenvalue weighted by Gasteiger charge is -2.36. The molecule has 6 heteroatoms. The first kappa shape index (κ1) is 28.0. The van der Waals surface area contributed by atoms with E-state index in [1.54, 1.807) is 14.2 Å². The van der Waals surface area contributed by atoms with Crippen LogP contribution >= 0.6 is 0 Å². The van der Waals surface area contributed by atoms with E-state index in [9.17, 15) is 0 Å². The van der Waals surface area contributed by atoms with Gasteiger partial charge in [0.25, 0.3) is 0 Å². The standard InChI is InChI=1S/C38H36N4O2/c1-27-33(28-19-20-34-32(23-28)35(21-22-39-34)41-25-36(43-2)37(26-41)44-3)24-42(40-27)38(29-13-7-4-8-14-29,30-15-9-5-10-16-30)31-17-11-6-12-18-31/h4-24,36-37H,25-26H2,1-3H3/t36-,37-/m0/s1. The van der Waals surface area contributed by atoms with Crippen molar-refractivity contribution in [3.05, 3.63) is 150 Å². The maximum absolute atomic E-state index is 5.74. The Morgan fingerprint density at radius 1 is 0.705 bits per heavy atom. The molecule has 0 unspecified atom stereocenters. The lowest BCUT2D eigenvalue weighted by Crippen LogP contribution is -2.38. The number of nitrogens with zero attached hydrogens (tertiary/aromatic N) is 4. The average Bonchev–Trinajstić information content (AvgIpc) is 3.69. The maximum Gasteiger partial charge on any atom is 0.138 e. The summed E-state index contributed by atoms with van der Waals surface area (Å²) in [5.74, 6) is 0. The minimum atomic E-state index is -0.670. The predicted octanol–water partition coefficient (Wildman–Crippen LogP) is 7.10. The Hall–Kier alpha value is -4.78. The van der Waals surface area contributed by atoms with E-state index in [1.165, 1.54) is 0 Å². The number of pyridine rings is 1. The molecular weight excluding hydrogens is 544 g/mol. The molecule has 3 heterocycles. The molecule has 6 aromatic rings. The molecule has 0 saturated carbocycles. The van der Waals surface area contributed by atoms with Gasteiger partial charge in [0.2, 0.25) is 0 Å². The highest BCUT2D eigenvalue weighted by molar-refractivity contribution is 5.95. The quantitative estimate of drug-likeness (QED) is 0.180. The summed E-state index contributed by atoms with van der Waals surface area (Å²) in [7, 11) is 3.51. The van der Waals surface area contributed by atoms with Crippen molar-refractivity contribution in [2.75, 3.05) is 32.2 Å². The molecule has 0 amide bonds. The molecule has 6 nitrogen and oxygen atoms in total. The predicted molar refractivity (Wildman–Crippen MR) is 176 cm³/mol. The smallest absolute Gasteiger partial charge is 0.138 e. The number of hydrogen-bond donors (Lipinski definition) is 0. The summed E-state index contributed by atoms with van der Waals surface area (Å²) in [6, 6.07) is 40.6. The van der Waals surface area contributed by atoms with Crippen molar-refractivity contribution in [2.24, 2.45) is 0 Å². The monoisotopic (exact) mass is 580 g/mol. The van der Waals surface area contributed by atoms with Crippen LogP contribution in [0, 0.1) is 6.92 Å². The topological polar surface area (TPSA) is 52.4 Å². The van der Waals surface area contributed by atoms with Crippen LogP contribution in [-0.4, -0.2) is 54.3 Å². The third-order valence-corrected chi connectivity index (χ3v) is 9.01. The van der Waals surface area contributed by atoms with Crippen LogP contribution in [-0.2, 0) is 15.0 Å². The summed E-state index contributed by atoms with van der Waals surface area (Å²) in [6.45, 7) is 3.63. The largest absolute Gasteiger partial charge is 0.377 e. The minimum Gasteiger partial charge on any atom is -0.377 e. The highest BCUT2D eigenvalue weighted by atomic mass is 16.5. The number of benzene rings is 4. The number of fused-ring (bicyclic) bond motifs is 1. The molecule has 2 atom stereocenters. The van der Waals surface area contributed by atoms with Crippen molar-refractivity contribution >= 4 is 16.6 Å². The Morgan fingerprint density at radius 2 is 1.25 bits per heavy atom. The van der Waals surface area contributed by atoms with Crippen molar-refractivity contribution < 1.29 is 9.47 Å². The summed E-state index contributed by atoms with van der Waals surface area (Å²) in [5.41, 5.74) is 8.00. The second-order valence-corrected chi connectivity index (χ2v) is 11.4. The molecule has 220 valence electrons. The number of ether oxygens (including phenoxy) is 2. The van der Waals surface area contributed by atoms with Gasteiger partial charge in [-0.05, 0) is 47.4 Å². The number of aromatic nitrogens is 3. The van der Waals surface area contributed by atoms with Gasteiger partial charge in [-0.3, -0.25) is 9.67 Å². The van der Waals surface area contributed by atoms with Crippen LogP contribution in [0.15, 0.2) is 128 Å². The highest BCUT2D eigenvalue weighted by Crippen LogP contribution is 2.42. The van der Waals surface area contributed by atoms with Crippen LogP contribution in [0.25, 0.3) is 22.0 Å². The summed E-state index contributed by atoms with van der Waals surface area (Å²) in [4.78, 5) is 7.05. The van der Waals surface area contributed by atoms with Gasteiger partial charge in [-0.15, -0.1) is 0 Å². The number of aryl methyl sites for hydroxylation is 1. The normalized spacial score (nSPS) is 16.9. The Labute approximate surface area is 258 Å². The third-order valence-electron chi connectivity index (χ3n) is 9.01. The lowest BCUT2D eigenvalue weighted by atomic mass is 9.77. The summed E-state index contributed by atoms with van der Waals surface area (Å²) < 4.78 is 13.6. The average molecular weight is 581 g/mol. The molecule has 44 heavy (non-hydrogen) atoms. The molecule has 0 spiro atoms. The molecule has 1 saturated heterocycles. The van der Waals surface area contributed by atoms with E-state index in [0.717, 1.165) is 63.2 Å². The van der Waals surface area contributed by atoms with Crippen LogP contribution < -0.4 is 4.90 Å². The third kappa shape index (κ3) is 4.67. The van der Waals surface area contributed by atoms with Gasteiger partial charge in [-0.2, -0.15) is 5.10 Å². The number of anilines is 1. The molecule has 1 fully saturated rings. The molecule has 0 aliphatic carbocycles. The van der Waals surface area contributed by atoms with Crippen LogP contribution in [0.1, 0.15) is 22.4 Å². The molecule has 4 aromatic carbocycles. The first-order valence-electron chi connectivity index (χ1n) is 15.1. The summed E-state index contributed by atoms with van der Waals surface area (Å²) in [6.07, 6.45) is 4.14. The first-order chi connectivity index (χ1) is 21.6. The second kappa shape index (κ2) is 11.7. The van der Waals surface area contributed by atoms with Crippen LogP contribution in [0.3, 0.4) is 0 Å². The van der Waals surface area contributed by atoms with Crippen molar-refractivity contribution in [1.29, 1.82) is 0 Å². The maximum atomic E-state index is 5.74. The van der Waals surface area contributed by atoms with Gasteiger partial charge in [0.1, 0.15) is 17.7 Å². The molecule has 7 rings (SSSR count). The van der Waals surface area contributed by atoms with Gasteiger partial charge < -0.3 is 14.4 Å². The van der Waals surface area contributed by atoms with Gasteiger partial charge in [0, 0.05) is 56.3 Å². The molecule has 0 radical (unpaired) electrons. The van der Waals surface area contributed by atoms with E-state index in [1.807, 2.05) is 6.20 Å². The van der Waals surface area contributed by atoms with Crippen molar-refractivity contribution in [3.8, 4) is 11.1 Å². The SMILES string of the molecule is CO[C@H]1CN(c2ccnc3ccc(-c4cn(C(c5ccccc5)(c5ccccc5)c5ccccc5)nc4C)cc23)C[C@@H]1OC. The number of hydrogen-bond acceptors (Lipinski definition) is 5. The van der Waals surface area contributed by atoms with E-state index in [4.69, 9.17) is 19.6 Å². The molecule has 0 bridgehead atoms. The van der Waals surface area contributed by atoms with Gasteiger partial charge >= 0.3 is 0 Å². The van der Waals surface area contributed by atoms with Crippen LogP contribution in [0.2, 0.25) is 0 Å². The fourth-order valence-corrected chi connectivity index (χ4v) is 6.82. The molecule has 2 aromatic heterocycles. The van der Waals surface area contributed by atoms with Gasteiger partial charge in [0.05, 0.1) is 11.2 Å². The molecule has 1 aliphatic rings. The van der Waals surface area contributed by atoms with Crippen molar-refractivity contribution in [2.45, 2.75) is 24.7 Å². The van der Waals surface area contributed by atoms with E-state index in [0.29, 0.717) is 0 Å². The van der Waals surface area contributed by atoms with Crippen molar-refractivity contribution in [3.63, 3.8) is 0 Å². The van der Waals surface area contributed by atoms with Gasteiger partial charge in [0.15, 0.2) is 0 Å². The Bertz CT molecular complexity index is 1760. The second-order valence-electron chi connectivity index (χ2n) is 11.4. The van der Waals surface area contributed by atoms with E-state index < -0.39 is 5.54 Å². The summed E-state index contributed by atoms with van der Waals surface area (Å²) in [5, 5.41) is 6.37. The van der Waals surface area contributed by atoms with E-state index >= 15 is 0 Å². The number of rotatable bonds is 8. The zero-order chi connectivity index (χ0) is 30.1. The van der Waals surface area contributed by atoms with Crippen LogP contribution in [0.4, 0.5) is 5.69 Å². The fourth-order valence-electron chi connectivity index (χ4n) is 6.82. The van der Waals surface area contributed by atoms with Gasteiger partial charge in [-0.25, -0.2) is 0 Å². The lowest BCUT2D eigenvalue weighted by molar-refractivity contribution is -0.00461. The first-order valence-corrected chi connectivity index (χ1v) is 15.1. The molecule has 0 N–H and O–H groups in total. The Balaban J connectivity index is 1.40. The number of methoxy groups -OCH3 is 2. The van der Waals surface area contributed by atoms with E-state index in [-0.39, 0.29) is 12.2 Å². The summed E-state index contributed by atoms with van der Waals surface area (Å²) >= 11 is 0. The minimum absolute atomic E-state index is 0.0222. The molecular formula is C38H36N4O2. The Morgan fingerprint density at radius 3 is 1.77 bits per heavy atom.